The summed E-state index contributed by atoms with van der Waals surface area (Å²) < 4.78 is 0. The Labute approximate surface area is 90.3 Å². The molecule has 2 heteroatoms. The largest absolute Gasteiger partial charge is 0.478 e. The summed E-state index contributed by atoms with van der Waals surface area (Å²) in [6, 6.07) is 9.65. The minimum Gasteiger partial charge on any atom is -0.478 e. The lowest BCUT2D eigenvalue weighted by Crippen LogP contribution is -2.05. The molecule has 1 aromatic carbocycles. The van der Waals surface area contributed by atoms with Gasteiger partial charge in [-0.2, -0.15) is 0 Å². The van der Waals surface area contributed by atoms with Crippen LogP contribution in [0, 0.1) is 5.92 Å². The number of carboxylic acid groups (broad SMARTS) is 1. The van der Waals surface area contributed by atoms with E-state index in [0.29, 0.717) is 12.0 Å². The monoisotopic (exact) mass is 204 g/mol. The van der Waals surface area contributed by atoms with Gasteiger partial charge in [-0.05, 0) is 11.5 Å². The zero-order chi connectivity index (χ0) is 11.3. The first-order valence-corrected chi connectivity index (χ1v) is 5.07. The van der Waals surface area contributed by atoms with Crippen molar-refractivity contribution < 1.29 is 9.90 Å². The fraction of sp³-hybridized carbons (Fsp3) is 0.308. The summed E-state index contributed by atoms with van der Waals surface area (Å²) in [7, 11) is 0. The summed E-state index contributed by atoms with van der Waals surface area (Å²) in [6.07, 6.45) is 2.30. The zero-order valence-electron chi connectivity index (χ0n) is 9.10. The van der Waals surface area contributed by atoms with Crippen molar-refractivity contribution in [3.05, 3.63) is 47.5 Å². The van der Waals surface area contributed by atoms with Crippen LogP contribution in [0.3, 0.4) is 0 Å². The quantitative estimate of drug-likeness (QED) is 0.766. The molecule has 0 unspecified atom stereocenters. The third-order valence-electron chi connectivity index (χ3n) is 2.05. The highest BCUT2D eigenvalue weighted by atomic mass is 16.4. The summed E-state index contributed by atoms with van der Waals surface area (Å²) in [5, 5.41) is 9.02. The molecule has 0 aromatic heterocycles. The number of hydrogen-bond acceptors (Lipinski definition) is 1. The molecule has 0 aliphatic rings. The fourth-order valence-electron chi connectivity index (χ4n) is 1.42. The lowest BCUT2D eigenvalue weighted by Gasteiger charge is -2.04. The number of rotatable bonds is 4. The average Bonchev–Trinajstić information content (AvgIpc) is 2.17. The maximum Gasteiger partial charge on any atom is 0.331 e. The number of allylic oxidation sites excluding steroid dienone is 1. The summed E-state index contributed by atoms with van der Waals surface area (Å²) in [5.41, 5.74) is 1.50. The topological polar surface area (TPSA) is 37.3 Å². The van der Waals surface area contributed by atoms with Gasteiger partial charge in [-0.15, -0.1) is 0 Å². The maximum absolute atomic E-state index is 11.0. The Morgan fingerprint density at radius 2 is 1.93 bits per heavy atom. The molecule has 0 saturated heterocycles. The second kappa shape index (κ2) is 5.35. The van der Waals surface area contributed by atoms with Gasteiger partial charge in [0.1, 0.15) is 0 Å². The third-order valence-corrected chi connectivity index (χ3v) is 2.05. The molecule has 0 saturated carbocycles. The van der Waals surface area contributed by atoms with E-state index in [1.807, 2.05) is 44.2 Å². The second-order valence-corrected chi connectivity index (χ2v) is 3.90. The standard InChI is InChI=1S/C13H16O2/c1-10(2)8-12(13(14)15)9-11-6-4-3-5-7-11/h3-8,10H,9H2,1-2H3,(H,14,15). The molecule has 1 N–H and O–H groups in total. The Morgan fingerprint density at radius 1 is 1.33 bits per heavy atom. The molecule has 0 fully saturated rings. The van der Waals surface area contributed by atoms with Crippen molar-refractivity contribution in [2.45, 2.75) is 20.3 Å². The van der Waals surface area contributed by atoms with Crippen molar-refractivity contribution in [1.29, 1.82) is 0 Å². The van der Waals surface area contributed by atoms with Crippen molar-refractivity contribution in [3.8, 4) is 0 Å². The van der Waals surface area contributed by atoms with Crippen molar-refractivity contribution in [1.82, 2.24) is 0 Å². The molecule has 80 valence electrons. The van der Waals surface area contributed by atoms with Gasteiger partial charge in [0.2, 0.25) is 0 Å². The molecule has 1 aromatic rings. The zero-order valence-corrected chi connectivity index (χ0v) is 9.10. The van der Waals surface area contributed by atoms with E-state index in [2.05, 4.69) is 0 Å². The van der Waals surface area contributed by atoms with Gasteiger partial charge in [-0.25, -0.2) is 4.79 Å². The average molecular weight is 204 g/mol. The molecule has 2 nitrogen and oxygen atoms in total. The van der Waals surface area contributed by atoms with Gasteiger partial charge in [0.25, 0.3) is 0 Å². The van der Waals surface area contributed by atoms with Crippen LogP contribution in [0.4, 0.5) is 0 Å². The lowest BCUT2D eigenvalue weighted by molar-refractivity contribution is -0.132. The number of aliphatic carboxylic acids is 1. The summed E-state index contributed by atoms with van der Waals surface area (Å²) >= 11 is 0. The molecule has 0 amide bonds. The van der Waals surface area contributed by atoms with Gasteiger partial charge in [0, 0.05) is 12.0 Å². The fourth-order valence-corrected chi connectivity index (χ4v) is 1.42. The second-order valence-electron chi connectivity index (χ2n) is 3.90. The van der Waals surface area contributed by atoms with Crippen LogP contribution in [0.25, 0.3) is 0 Å². The predicted molar refractivity (Wildman–Crippen MR) is 60.7 cm³/mol. The number of benzene rings is 1. The Bertz CT molecular complexity index is 350. The van der Waals surface area contributed by atoms with E-state index >= 15 is 0 Å². The SMILES string of the molecule is CC(C)C=C(Cc1ccccc1)C(=O)O. The smallest absolute Gasteiger partial charge is 0.331 e. The minimum absolute atomic E-state index is 0.264. The van der Waals surface area contributed by atoms with E-state index in [4.69, 9.17) is 5.11 Å². The van der Waals surface area contributed by atoms with Gasteiger partial charge < -0.3 is 5.11 Å². The highest BCUT2D eigenvalue weighted by Gasteiger charge is 2.08. The third kappa shape index (κ3) is 3.98. The summed E-state index contributed by atoms with van der Waals surface area (Å²) in [5.74, 6) is -0.563. The molecule has 0 spiro atoms. The molecule has 0 bridgehead atoms. The Balaban J connectivity index is 2.81. The van der Waals surface area contributed by atoms with E-state index < -0.39 is 5.97 Å². The number of carboxylic acids is 1. The molecule has 0 heterocycles. The van der Waals surface area contributed by atoms with Crippen LogP contribution in [0.2, 0.25) is 0 Å². The van der Waals surface area contributed by atoms with Crippen molar-refractivity contribution >= 4 is 5.97 Å². The van der Waals surface area contributed by atoms with E-state index in [-0.39, 0.29) is 5.92 Å². The molecule has 0 aliphatic carbocycles. The van der Waals surface area contributed by atoms with Crippen LogP contribution >= 0.6 is 0 Å². The summed E-state index contributed by atoms with van der Waals surface area (Å²) in [4.78, 5) is 11.0. The van der Waals surface area contributed by atoms with Crippen LogP contribution in [0.1, 0.15) is 19.4 Å². The minimum atomic E-state index is -0.826. The van der Waals surface area contributed by atoms with Gasteiger partial charge >= 0.3 is 5.97 Å². The number of carbonyl (C=O) groups is 1. The van der Waals surface area contributed by atoms with Crippen molar-refractivity contribution in [2.75, 3.05) is 0 Å². The summed E-state index contributed by atoms with van der Waals surface area (Å²) in [6.45, 7) is 3.96. The highest BCUT2D eigenvalue weighted by Crippen LogP contribution is 2.10. The van der Waals surface area contributed by atoms with E-state index in [1.165, 1.54) is 0 Å². The number of hydrogen-bond donors (Lipinski definition) is 1. The van der Waals surface area contributed by atoms with E-state index in [0.717, 1.165) is 5.56 Å². The van der Waals surface area contributed by atoms with E-state index in [1.54, 1.807) is 6.08 Å². The van der Waals surface area contributed by atoms with Crippen LogP contribution in [-0.4, -0.2) is 11.1 Å². The van der Waals surface area contributed by atoms with Crippen LogP contribution in [-0.2, 0) is 11.2 Å². The van der Waals surface area contributed by atoms with E-state index in [9.17, 15) is 4.79 Å². The Kier molecular flexibility index (Phi) is 4.10. The van der Waals surface area contributed by atoms with Gasteiger partial charge in [0.05, 0.1) is 0 Å². The first kappa shape index (κ1) is 11.5. The van der Waals surface area contributed by atoms with Gasteiger partial charge in [-0.3, -0.25) is 0 Å². The molecular weight excluding hydrogens is 188 g/mol. The normalized spacial score (nSPS) is 11.8. The van der Waals surface area contributed by atoms with Crippen LogP contribution in [0.5, 0.6) is 0 Å². The first-order valence-electron chi connectivity index (χ1n) is 5.07. The van der Waals surface area contributed by atoms with Crippen LogP contribution < -0.4 is 0 Å². The van der Waals surface area contributed by atoms with Crippen LogP contribution in [0.15, 0.2) is 42.0 Å². The molecule has 1 rings (SSSR count). The van der Waals surface area contributed by atoms with Gasteiger partial charge in [0.15, 0.2) is 0 Å². The Hall–Kier alpha value is -1.57. The first-order chi connectivity index (χ1) is 7.09. The molecule has 15 heavy (non-hydrogen) atoms. The highest BCUT2D eigenvalue weighted by molar-refractivity contribution is 5.87. The molecular formula is C13H16O2. The van der Waals surface area contributed by atoms with Gasteiger partial charge in [-0.1, -0.05) is 50.3 Å². The lowest BCUT2D eigenvalue weighted by atomic mass is 10.0. The predicted octanol–water partition coefficient (Wildman–Crippen LogP) is 2.90. The molecule has 0 radical (unpaired) electrons. The van der Waals surface area contributed by atoms with Crippen molar-refractivity contribution in [3.63, 3.8) is 0 Å². The molecule has 0 atom stereocenters. The Morgan fingerprint density at radius 3 is 2.40 bits per heavy atom. The van der Waals surface area contributed by atoms with Crippen molar-refractivity contribution in [2.24, 2.45) is 5.92 Å². The maximum atomic E-state index is 11.0. The molecule has 0 aliphatic heterocycles.